The number of rotatable bonds is 6. The van der Waals surface area contributed by atoms with Crippen LogP contribution in [0.25, 0.3) is 0 Å². The summed E-state index contributed by atoms with van der Waals surface area (Å²) in [6.45, 7) is 1.97. The fraction of sp³-hybridized carbons (Fsp3) is 0.500. The van der Waals surface area contributed by atoms with Crippen LogP contribution in [0.4, 0.5) is 0 Å². The summed E-state index contributed by atoms with van der Waals surface area (Å²) in [6, 6.07) is 4.09. The molecule has 68 valence electrons. The average Bonchev–Trinajstić information content (AvgIpc) is 2.57. The predicted molar refractivity (Wildman–Crippen MR) is 49.0 cm³/mol. The monoisotopic (exact) mass is 187 g/mol. The highest BCUT2D eigenvalue weighted by Crippen LogP contribution is 2.06. The molecule has 0 saturated heterocycles. The molecule has 0 atom stereocenters. The highest BCUT2D eigenvalue weighted by atomic mass is 32.1. The van der Waals surface area contributed by atoms with Crippen LogP contribution in [0.3, 0.4) is 0 Å². The second-order valence-electron chi connectivity index (χ2n) is 2.24. The summed E-state index contributed by atoms with van der Waals surface area (Å²) in [5, 5.41) is 2.05. The van der Waals surface area contributed by atoms with Crippen LogP contribution in [-0.2, 0) is 16.1 Å². The van der Waals surface area contributed by atoms with Gasteiger partial charge in [0.25, 0.3) is 0 Å². The molecule has 0 unspecified atom stereocenters. The Morgan fingerprint density at radius 2 is 2.42 bits per heavy atom. The van der Waals surface area contributed by atoms with Gasteiger partial charge >= 0.3 is 0 Å². The molecule has 1 N–H and O–H groups in total. The van der Waals surface area contributed by atoms with Gasteiger partial charge < -0.3 is 4.74 Å². The van der Waals surface area contributed by atoms with E-state index in [4.69, 9.17) is 9.57 Å². The van der Waals surface area contributed by atoms with Crippen molar-refractivity contribution in [2.45, 2.75) is 6.54 Å². The zero-order valence-electron chi connectivity index (χ0n) is 7.08. The third-order valence-electron chi connectivity index (χ3n) is 1.32. The molecule has 3 nitrogen and oxygen atoms in total. The van der Waals surface area contributed by atoms with Crippen molar-refractivity contribution in [1.29, 1.82) is 0 Å². The van der Waals surface area contributed by atoms with Gasteiger partial charge in [-0.3, -0.25) is 4.84 Å². The minimum atomic E-state index is 0.585. The first-order chi connectivity index (χ1) is 5.93. The van der Waals surface area contributed by atoms with Crippen LogP contribution in [-0.4, -0.2) is 20.3 Å². The first-order valence-electron chi connectivity index (χ1n) is 3.79. The largest absolute Gasteiger partial charge is 0.382 e. The molecule has 1 aromatic rings. The fourth-order valence-electron chi connectivity index (χ4n) is 0.732. The number of hydrogen-bond acceptors (Lipinski definition) is 4. The van der Waals surface area contributed by atoms with E-state index in [2.05, 4.69) is 11.5 Å². The van der Waals surface area contributed by atoms with Crippen molar-refractivity contribution in [2.24, 2.45) is 0 Å². The maximum absolute atomic E-state index is 5.08. The molecule has 12 heavy (non-hydrogen) atoms. The zero-order chi connectivity index (χ0) is 8.65. The van der Waals surface area contributed by atoms with Gasteiger partial charge in [0.1, 0.15) is 0 Å². The summed E-state index contributed by atoms with van der Waals surface area (Å²) >= 11 is 1.71. The molecule has 0 amide bonds. The van der Waals surface area contributed by atoms with Crippen molar-refractivity contribution >= 4 is 11.3 Å². The van der Waals surface area contributed by atoms with Gasteiger partial charge in [-0.05, 0) is 11.4 Å². The molecular formula is C8H13NO2S. The maximum Gasteiger partial charge on any atom is 0.0916 e. The fourth-order valence-corrected chi connectivity index (χ4v) is 1.36. The molecular weight excluding hydrogens is 174 g/mol. The Bertz CT molecular complexity index is 189. The summed E-state index contributed by atoms with van der Waals surface area (Å²) in [5.74, 6) is 0. The number of thiophene rings is 1. The summed E-state index contributed by atoms with van der Waals surface area (Å²) in [6.07, 6.45) is 0. The van der Waals surface area contributed by atoms with Gasteiger partial charge in [-0.1, -0.05) is 6.07 Å². The molecule has 1 rings (SSSR count). The van der Waals surface area contributed by atoms with Crippen LogP contribution in [0.1, 0.15) is 4.88 Å². The summed E-state index contributed by atoms with van der Waals surface area (Å²) in [4.78, 5) is 6.35. The number of hydrogen-bond donors (Lipinski definition) is 1. The molecule has 0 spiro atoms. The first-order valence-corrected chi connectivity index (χ1v) is 4.67. The molecule has 0 aliphatic rings. The van der Waals surface area contributed by atoms with Crippen molar-refractivity contribution in [3.05, 3.63) is 22.4 Å². The van der Waals surface area contributed by atoms with Crippen LogP contribution in [0.2, 0.25) is 0 Å². The molecule has 0 aliphatic carbocycles. The van der Waals surface area contributed by atoms with E-state index in [-0.39, 0.29) is 0 Å². The second-order valence-corrected chi connectivity index (χ2v) is 3.27. The van der Waals surface area contributed by atoms with Crippen molar-refractivity contribution < 1.29 is 9.57 Å². The molecule has 0 aliphatic heterocycles. The minimum Gasteiger partial charge on any atom is -0.382 e. The zero-order valence-corrected chi connectivity index (χ0v) is 7.89. The van der Waals surface area contributed by atoms with Crippen molar-refractivity contribution in [3.8, 4) is 0 Å². The van der Waals surface area contributed by atoms with E-state index in [0.717, 1.165) is 6.54 Å². The normalized spacial score (nSPS) is 10.4. The van der Waals surface area contributed by atoms with Crippen molar-refractivity contribution in [1.82, 2.24) is 5.48 Å². The van der Waals surface area contributed by atoms with Gasteiger partial charge in [-0.25, -0.2) is 0 Å². The van der Waals surface area contributed by atoms with Gasteiger partial charge in [-0.15, -0.1) is 11.3 Å². The third kappa shape index (κ3) is 3.82. The Balaban J connectivity index is 1.96. The topological polar surface area (TPSA) is 30.5 Å². The highest BCUT2D eigenvalue weighted by molar-refractivity contribution is 7.09. The lowest BCUT2D eigenvalue weighted by atomic mass is 10.5. The lowest BCUT2D eigenvalue weighted by Gasteiger charge is -2.02. The summed E-state index contributed by atoms with van der Waals surface area (Å²) in [7, 11) is 1.66. The maximum atomic E-state index is 5.08. The Kier molecular flexibility index (Phi) is 4.94. The number of methoxy groups -OCH3 is 1. The number of nitrogens with one attached hydrogen (secondary N) is 1. The number of hydroxylamine groups is 1. The van der Waals surface area contributed by atoms with Crippen LogP contribution in [0.15, 0.2) is 17.5 Å². The van der Waals surface area contributed by atoms with Gasteiger partial charge in [0.2, 0.25) is 0 Å². The van der Waals surface area contributed by atoms with Crippen molar-refractivity contribution in [3.63, 3.8) is 0 Å². The molecule has 1 aromatic heterocycles. The van der Waals surface area contributed by atoms with E-state index in [1.807, 2.05) is 11.4 Å². The molecule has 0 fully saturated rings. The standard InChI is InChI=1S/C8H13NO2S/c1-10-4-5-11-9-7-8-3-2-6-12-8/h2-3,6,9H,4-5,7H2,1H3. The predicted octanol–water partition coefficient (Wildman–Crippen LogP) is 1.42. The molecule has 0 saturated carbocycles. The SMILES string of the molecule is COCCONCc1cccs1. The number of ether oxygens (including phenoxy) is 1. The Labute approximate surface area is 76.3 Å². The van der Waals surface area contributed by atoms with E-state index >= 15 is 0 Å². The molecule has 1 heterocycles. The van der Waals surface area contributed by atoms with Crippen molar-refractivity contribution in [2.75, 3.05) is 20.3 Å². The summed E-state index contributed by atoms with van der Waals surface area (Å²) < 4.78 is 4.82. The average molecular weight is 187 g/mol. The van der Waals surface area contributed by atoms with Gasteiger partial charge in [0, 0.05) is 12.0 Å². The van der Waals surface area contributed by atoms with E-state index in [0.29, 0.717) is 13.2 Å². The van der Waals surface area contributed by atoms with Crippen LogP contribution < -0.4 is 5.48 Å². The van der Waals surface area contributed by atoms with Gasteiger partial charge in [-0.2, -0.15) is 5.48 Å². The van der Waals surface area contributed by atoms with Crippen LogP contribution in [0.5, 0.6) is 0 Å². The molecule has 0 radical (unpaired) electrons. The first kappa shape index (κ1) is 9.67. The van der Waals surface area contributed by atoms with Crippen LogP contribution >= 0.6 is 11.3 Å². The Morgan fingerprint density at radius 3 is 3.08 bits per heavy atom. The third-order valence-corrected chi connectivity index (χ3v) is 2.19. The van der Waals surface area contributed by atoms with Gasteiger partial charge in [0.15, 0.2) is 0 Å². The van der Waals surface area contributed by atoms with Gasteiger partial charge in [0.05, 0.1) is 19.8 Å². The second kappa shape index (κ2) is 6.14. The van der Waals surface area contributed by atoms with E-state index in [1.165, 1.54) is 4.88 Å². The van der Waals surface area contributed by atoms with E-state index < -0.39 is 0 Å². The Hall–Kier alpha value is -0.420. The smallest absolute Gasteiger partial charge is 0.0916 e. The molecule has 4 heteroatoms. The quantitative estimate of drug-likeness (QED) is 0.539. The van der Waals surface area contributed by atoms with E-state index in [1.54, 1.807) is 18.4 Å². The van der Waals surface area contributed by atoms with Crippen LogP contribution in [0, 0.1) is 0 Å². The highest BCUT2D eigenvalue weighted by Gasteiger charge is 1.91. The lowest BCUT2D eigenvalue weighted by molar-refractivity contribution is 0.00387. The lowest BCUT2D eigenvalue weighted by Crippen LogP contribution is -2.16. The summed E-state index contributed by atoms with van der Waals surface area (Å²) in [5.41, 5.74) is 2.85. The minimum absolute atomic E-state index is 0.585. The molecule has 0 aromatic carbocycles. The molecule has 0 bridgehead atoms. The van der Waals surface area contributed by atoms with E-state index in [9.17, 15) is 0 Å². The Morgan fingerprint density at radius 1 is 1.50 bits per heavy atom.